The van der Waals surface area contributed by atoms with E-state index in [0.29, 0.717) is 13.1 Å². The molecule has 1 aromatic heterocycles. The van der Waals surface area contributed by atoms with Gasteiger partial charge in [-0.25, -0.2) is 0 Å². The van der Waals surface area contributed by atoms with Gasteiger partial charge in [0, 0.05) is 39.0 Å². The molecule has 2 heterocycles. The predicted octanol–water partition coefficient (Wildman–Crippen LogP) is 1.63. The molecule has 0 radical (unpaired) electrons. The molecule has 17 heavy (non-hydrogen) atoms. The summed E-state index contributed by atoms with van der Waals surface area (Å²) in [5.74, 6) is 0. The fourth-order valence-corrected chi connectivity index (χ4v) is 1.94. The molecule has 2 rings (SSSR count). The zero-order valence-corrected chi connectivity index (χ0v) is 9.34. The van der Waals surface area contributed by atoms with Gasteiger partial charge in [0.15, 0.2) is 0 Å². The minimum absolute atomic E-state index is 0.184. The van der Waals surface area contributed by atoms with Crippen molar-refractivity contribution >= 4 is 0 Å². The van der Waals surface area contributed by atoms with Crippen LogP contribution in [0, 0.1) is 0 Å². The van der Waals surface area contributed by atoms with Gasteiger partial charge in [-0.15, -0.1) is 0 Å². The van der Waals surface area contributed by atoms with E-state index in [0.717, 1.165) is 12.3 Å². The average molecular weight is 246 g/mol. The fourth-order valence-electron chi connectivity index (χ4n) is 1.94. The lowest BCUT2D eigenvalue weighted by Gasteiger charge is -2.41. The standard InChI is InChI=1S/C11H13F3N2O/c1-17-10(6-16-7-10)4-8-5-15-3-2-9(8)11(12,13)14/h2-3,5,16H,4,6-7H2,1H3. The van der Waals surface area contributed by atoms with Gasteiger partial charge in [-0.05, 0) is 11.6 Å². The summed E-state index contributed by atoms with van der Waals surface area (Å²) in [6.45, 7) is 1.13. The second kappa shape index (κ2) is 4.27. The van der Waals surface area contributed by atoms with Crippen molar-refractivity contribution < 1.29 is 17.9 Å². The summed E-state index contributed by atoms with van der Waals surface area (Å²) >= 11 is 0. The zero-order valence-electron chi connectivity index (χ0n) is 9.34. The van der Waals surface area contributed by atoms with Crippen LogP contribution in [0.1, 0.15) is 11.1 Å². The number of nitrogens with zero attached hydrogens (tertiary/aromatic N) is 1. The molecule has 0 aromatic carbocycles. The van der Waals surface area contributed by atoms with Crippen LogP contribution in [-0.2, 0) is 17.3 Å². The quantitative estimate of drug-likeness (QED) is 0.880. The topological polar surface area (TPSA) is 34.1 Å². The Morgan fingerprint density at radius 3 is 2.65 bits per heavy atom. The number of halogens is 3. The molecular formula is C11H13F3N2O. The monoisotopic (exact) mass is 246 g/mol. The molecule has 1 aromatic rings. The molecule has 1 aliphatic rings. The van der Waals surface area contributed by atoms with E-state index in [2.05, 4.69) is 10.3 Å². The maximum atomic E-state index is 12.8. The summed E-state index contributed by atoms with van der Waals surface area (Å²) < 4.78 is 43.6. The molecule has 94 valence electrons. The van der Waals surface area contributed by atoms with Crippen molar-refractivity contribution in [1.29, 1.82) is 0 Å². The number of aromatic nitrogens is 1. The number of hydrogen-bond donors (Lipinski definition) is 1. The van der Waals surface area contributed by atoms with Crippen LogP contribution in [0.2, 0.25) is 0 Å². The Bertz CT molecular complexity index is 396. The van der Waals surface area contributed by atoms with Gasteiger partial charge < -0.3 is 10.1 Å². The van der Waals surface area contributed by atoms with Crippen molar-refractivity contribution in [2.75, 3.05) is 20.2 Å². The van der Waals surface area contributed by atoms with Gasteiger partial charge in [0.25, 0.3) is 0 Å². The summed E-state index contributed by atoms with van der Waals surface area (Å²) in [7, 11) is 1.52. The van der Waals surface area contributed by atoms with E-state index in [1.807, 2.05) is 0 Å². The Hall–Kier alpha value is -1.14. The Kier molecular flexibility index (Phi) is 3.09. The highest BCUT2D eigenvalue weighted by Gasteiger charge is 2.40. The molecule has 0 aliphatic carbocycles. The summed E-state index contributed by atoms with van der Waals surface area (Å²) in [5.41, 5.74) is -0.970. The number of hydrogen-bond acceptors (Lipinski definition) is 3. The first-order chi connectivity index (χ1) is 7.97. The van der Waals surface area contributed by atoms with Crippen LogP contribution in [0.3, 0.4) is 0 Å². The molecule has 6 heteroatoms. The normalized spacial score (nSPS) is 18.8. The molecule has 0 amide bonds. The summed E-state index contributed by atoms with van der Waals surface area (Å²) in [5, 5.41) is 3.00. The van der Waals surface area contributed by atoms with Gasteiger partial charge in [-0.1, -0.05) is 0 Å². The first-order valence-electron chi connectivity index (χ1n) is 5.23. The average Bonchev–Trinajstić information content (AvgIpc) is 2.23. The highest BCUT2D eigenvalue weighted by molar-refractivity contribution is 5.28. The number of ether oxygens (including phenoxy) is 1. The Balaban J connectivity index is 2.27. The lowest BCUT2D eigenvalue weighted by atomic mass is 9.87. The highest BCUT2D eigenvalue weighted by Crippen LogP contribution is 2.34. The van der Waals surface area contributed by atoms with Crippen LogP contribution >= 0.6 is 0 Å². The summed E-state index contributed by atoms with van der Waals surface area (Å²) in [6, 6.07) is 1.00. The summed E-state index contributed by atoms with van der Waals surface area (Å²) in [4.78, 5) is 3.76. The van der Waals surface area contributed by atoms with E-state index >= 15 is 0 Å². The molecule has 0 saturated carbocycles. The fraction of sp³-hybridized carbons (Fsp3) is 0.545. The van der Waals surface area contributed by atoms with E-state index in [-0.39, 0.29) is 12.0 Å². The van der Waals surface area contributed by atoms with E-state index in [4.69, 9.17) is 4.74 Å². The van der Waals surface area contributed by atoms with Gasteiger partial charge in [-0.2, -0.15) is 13.2 Å². The van der Waals surface area contributed by atoms with Crippen LogP contribution in [0.4, 0.5) is 13.2 Å². The van der Waals surface area contributed by atoms with Crippen LogP contribution in [0.15, 0.2) is 18.5 Å². The van der Waals surface area contributed by atoms with Gasteiger partial charge in [0.05, 0.1) is 11.2 Å². The molecule has 3 nitrogen and oxygen atoms in total. The number of nitrogens with one attached hydrogen (secondary N) is 1. The minimum Gasteiger partial charge on any atom is -0.375 e. The summed E-state index contributed by atoms with van der Waals surface area (Å²) in [6.07, 6.45) is -1.70. The van der Waals surface area contributed by atoms with Crippen molar-refractivity contribution in [3.8, 4) is 0 Å². The highest BCUT2D eigenvalue weighted by atomic mass is 19.4. The lowest BCUT2D eigenvalue weighted by Crippen LogP contribution is -2.62. The molecule has 0 spiro atoms. The minimum atomic E-state index is -4.34. The van der Waals surface area contributed by atoms with Crippen LogP contribution in [0.25, 0.3) is 0 Å². The van der Waals surface area contributed by atoms with E-state index in [1.165, 1.54) is 13.3 Å². The van der Waals surface area contributed by atoms with Crippen LogP contribution < -0.4 is 5.32 Å². The van der Waals surface area contributed by atoms with E-state index < -0.39 is 17.3 Å². The molecule has 1 fully saturated rings. The molecule has 0 unspecified atom stereocenters. The van der Waals surface area contributed by atoms with Crippen molar-refractivity contribution in [3.63, 3.8) is 0 Å². The second-order valence-electron chi connectivity index (χ2n) is 4.20. The van der Waals surface area contributed by atoms with Gasteiger partial charge in [-0.3, -0.25) is 4.98 Å². The van der Waals surface area contributed by atoms with Gasteiger partial charge >= 0.3 is 6.18 Å². The van der Waals surface area contributed by atoms with Gasteiger partial charge in [0.2, 0.25) is 0 Å². The molecule has 1 aliphatic heterocycles. The van der Waals surface area contributed by atoms with E-state index in [9.17, 15) is 13.2 Å². The number of methoxy groups -OCH3 is 1. The maximum absolute atomic E-state index is 12.8. The molecule has 1 N–H and O–H groups in total. The SMILES string of the molecule is COC1(Cc2cnccc2C(F)(F)F)CNC1. The Morgan fingerprint density at radius 1 is 1.47 bits per heavy atom. The van der Waals surface area contributed by atoms with Gasteiger partial charge in [0.1, 0.15) is 0 Å². The molecular weight excluding hydrogens is 233 g/mol. The molecule has 0 bridgehead atoms. The number of alkyl halides is 3. The first kappa shape index (κ1) is 12.3. The number of pyridine rings is 1. The third-order valence-electron chi connectivity index (χ3n) is 3.05. The van der Waals surface area contributed by atoms with E-state index in [1.54, 1.807) is 0 Å². The largest absolute Gasteiger partial charge is 0.416 e. The smallest absolute Gasteiger partial charge is 0.375 e. The number of rotatable bonds is 3. The zero-order chi connectivity index (χ0) is 12.5. The second-order valence-corrected chi connectivity index (χ2v) is 4.20. The first-order valence-corrected chi connectivity index (χ1v) is 5.23. The Morgan fingerprint density at radius 2 is 2.18 bits per heavy atom. The van der Waals surface area contributed by atoms with Crippen molar-refractivity contribution in [2.24, 2.45) is 0 Å². The van der Waals surface area contributed by atoms with Crippen molar-refractivity contribution in [1.82, 2.24) is 10.3 Å². The van der Waals surface area contributed by atoms with Crippen molar-refractivity contribution in [3.05, 3.63) is 29.6 Å². The Labute approximate surface area is 97.0 Å². The lowest BCUT2D eigenvalue weighted by molar-refractivity contribution is -0.139. The third kappa shape index (κ3) is 2.42. The molecule has 0 atom stereocenters. The van der Waals surface area contributed by atoms with Crippen LogP contribution in [-0.4, -0.2) is 30.8 Å². The molecule has 1 saturated heterocycles. The maximum Gasteiger partial charge on any atom is 0.416 e. The third-order valence-corrected chi connectivity index (χ3v) is 3.05. The van der Waals surface area contributed by atoms with Crippen LogP contribution in [0.5, 0.6) is 0 Å². The predicted molar refractivity (Wildman–Crippen MR) is 55.6 cm³/mol. The van der Waals surface area contributed by atoms with Crippen molar-refractivity contribution in [2.45, 2.75) is 18.2 Å².